The van der Waals surface area contributed by atoms with Crippen LogP contribution in [0.3, 0.4) is 0 Å². The molecule has 1 heterocycles. The first-order valence-electron chi connectivity index (χ1n) is 6.23. The minimum Gasteiger partial charge on any atom is -0.481 e. The second-order valence-electron chi connectivity index (χ2n) is 4.34. The standard InChI is InChI=1S/C13H20N2O3S/c1-3-15(7-6-13(17)18)10-12(16)14(2)9-11-5-4-8-19-11/h4-5,8H,3,6-7,9-10H2,1-2H3,(H,17,18). The van der Waals surface area contributed by atoms with Crippen molar-refractivity contribution in [3.8, 4) is 0 Å². The third kappa shape index (κ3) is 5.85. The Morgan fingerprint density at radius 3 is 2.68 bits per heavy atom. The molecule has 0 aromatic carbocycles. The molecule has 0 aliphatic heterocycles. The molecule has 0 atom stereocenters. The highest BCUT2D eigenvalue weighted by Crippen LogP contribution is 2.11. The summed E-state index contributed by atoms with van der Waals surface area (Å²) >= 11 is 1.62. The molecule has 6 heteroatoms. The van der Waals surface area contributed by atoms with Gasteiger partial charge in [-0.05, 0) is 18.0 Å². The van der Waals surface area contributed by atoms with Crippen molar-refractivity contribution in [3.05, 3.63) is 22.4 Å². The summed E-state index contributed by atoms with van der Waals surface area (Å²) in [6.07, 6.45) is 0.0652. The largest absolute Gasteiger partial charge is 0.481 e. The Bertz CT molecular complexity index is 406. The predicted molar refractivity (Wildman–Crippen MR) is 75.2 cm³/mol. The van der Waals surface area contributed by atoms with Crippen molar-refractivity contribution < 1.29 is 14.7 Å². The fourth-order valence-corrected chi connectivity index (χ4v) is 2.40. The van der Waals surface area contributed by atoms with Gasteiger partial charge in [0, 0.05) is 18.5 Å². The van der Waals surface area contributed by atoms with E-state index in [9.17, 15) is 9.59 Å². The van der Waals surface area contributed by atoms with Crippen LogP contribution in [0.1, 0.15) is 18.2 Å². The molecule has 106 valence electrons. The van der Waals surface area contributed by atoms with E-state index >= 15 is 0 Å². The van der Waals surface area contributed by atoms with Gasteiger partial charge in [0.05, 0.1) is 19.5 Å². The lowest BCUT2D eigenvalue weighted by atomic mass is 10.3. The second-order valence-corrected chi connectivity index (χ2v) is 5.37. The summed E-state index contributed by atoms with van der Waals surface area (Å²) in [6, 6.07) is 3.96. The van der Waals surface area contributed by atoms with E-state index in [4.69, 9.17) is 5.11 Å². The summed E-state index contributed by atoms with van der Waals surface area (Å²) in [5.74, 6) is -0.821. The van der Waals surface area contributed by atoms with Crippen molar-refractivity contribution in [2.75, 3.05) is 26.7 Å². The van der Waals surface area contributed by atoms with E-state index in [1.165, 1.54) is 0 Å². The van der Waals surface area contributed by atoms with Gasteiger partial charge in [-0.15, -0.1) is 11.3 Å². The van der Waals surface area contributed by atoms with E-state index in [2.05, 4.69) is 0 Å². The molecule has 0 radical (unpaired) electrons. The Labute approximate surface area is 117 Å². The lowest BCUT2D eigenvalue weighted by Crippen LogP contribution is -2.38. The average Bonchev–Trinajstić information content (AvgIpc) is 2.86. The Morgan fingerprint density at radius 2 is 2.16 bits per heavy atom. The highest BCUT2D eigenvalue weighted by Gasteiger charge is 2.14. The van der Waals surface area contributed by atoms with Crippen LogP contribution in [0.4, 0.5) is 0 Å². The summed E-state index contributed by atoms with van der Waals surface area (Å²) in [5.41, 5.74) is 0. The summed E-state index contributed by atoms with van der Waals surface area (Å²) in [5, 5.41) is 10.6. The van der Waals surface area contributed by atoms with Crippen LogP contribution in [0, 0.1) is 0 Å². The predicted octanol–water partition coefficient (Wildman–Crippen LogP) is 1.50. The van der Waals surface area contributed by atoms with Crippen molar-refractivity contribution in [1.82, 2.24) is 9.80 Å². The highest BCUT2D eigenvalue weighted by atomic mass is 32.1. The van der Waals surface area contributed by atoms with E-state index in [1.54, 1.807) is 23.3 Å². The van der Waals surface area contributed by atoms with Gasteiger partial charge in [-0.25, -0.2) is 0 Å². The Balaban J connectivity index is 2.40. The normalized spacial score (nSPS) is 10.7. The first-order chi connectivity index (χ1) is 9.02. The van der Waals surface area contributed by atoms with Crippen LogP contribution in [-0.4, -0.2) is 53.5 Å². The van der Waals surface area contributed by atoms with Gasteiger partial charge in [-0.3, -0.25) is 14.5 Å². The van der Waals surface area contributed by atoms with Crippen molar-refractivity contribution in [2.24, 2.45) is 0 Å². The number of rotatable bonds is 8. The molecule has 1 aromatic rings. The maximum Gasteiger partial charge on any atom is 0.304 e. The van der Waals surface area contributed by atoms with Gasteiger partial charge in [-0.2, -0.15) is 0 Å². The Hall–Kier alpha value is -1.40. The molecular weight excluding hydrogens is 264 g/mol. The zero-order valence-corrected chi connectivity index (χ0v) is 12.2. The molecule has 1 N–H and O–H groups in total. The molecule has 0 fully saturated rings. The monoisotopic (exact) mass is 284 g/mol. The zero-order chi connectivity index (χ0) is 14.3. The van der Waals surface area contributed by atoms with Crippen LogP contribution >= 0.6 is 11.3 Å². The quantitative estimate of drug-likeness (QED) is 0.786. The highest BCUT2D eigenvalue weighted by molar-refractivity contribution is 7.09. The van der Waals surface area contributed by atoms with Crippen molar-refractivity contribution in [3.63, 3.8) is 0 Å². The second kappa shape index (κ2) is 7.91. The minimum absolute atomic E-state index is 0.0145. The number of thiophene rings is 1. The number of hydrogen-bond acceptors (Lipinski definition) is 4. The third-order valence-corrected chi connectivity index (χ3v) is 3.71. The van der Waals surface area contributed by atoms with Gasteiger partial charge >= 0.3 is 5.97 Å². The maximum atomic E-state index is 12.0. The zero-order valence-electron chi connectivity index (χ0n) is 11.3. The molecule has 19 heavy (non-hydrogen) atoms. The van der Waals surface area contributed by atoms with Crippen molar-refractivity contribution in [2.45, 2.75) is 19.9 Å². The van der Waals surface area contributed by atoms with E-state index < -0.39 is 5.97 Å². The number of amides is 1. The molecule has 0 saturated heterocycles. The van der Waals surface area contributed by atoms with Gasteiger partial charge in [-0.1, -0.05) is 13.0 Å². The van der Waals surface area contributed by atoms with Crippen LogP contribution in [0.2, 0.25) is 0 Å². The number of aliphatic carboxylic acids is 1. The number of nitrogens with zero attached hydrogens (tertiary/aromatic N) is 2. The number of likely N-dealkylation sites (N-methyl/N-ethyl adjacent to an activating group) is 2. The summed E-state index contributed by atoms with van der Waals surface area (Å²) in [7, 11) is 1.77. The summed E-state index contributed by atoms with van der Waals surface area (Å²) < 4.78 is 0. The van der Waals surface area contributed by atoms with E-state index in [-0.39, 0.29) is 18.9 Å². The first-order valence-corrected chi connectivity index (χ1v) is 7.11. The fraction of sp³-hybridized carbons (Fsp3) is 0.538. The number of carbonyl (C=O) groups excluding carboxylic acids is 1. The number of carbonyl (C=O) groups is 2. The molecule has 0 spiro atoms. The lowest BCUT2D eigenvalue weighted by molar-refractivity contribution is -0.138. The third-order valence-electron chi connectivity index (χ3n) is 2.85. The van der Waals surface area contributed by atoms with E-state index in [1.807, 2.05) is 29.3 Å². The molecule has 5 nitrogen and oxygen atoms in total. The smallest absolute Gasteiger partial charge is 0.304 e. The molecule has 1 rings (SSSR count). The Morgan fingerprint density at radius 1 is 1.42 bits per heavy atom. The van der Waals surface area contributed by atoms with Gasteiger partial charge in [0.1, 0.15) is 0 Å². The topological polar surface area (TPSA) is 60.9 Å². The van der Waals surface area contributed by atoms with Gasteiger partial charge < -0.3 is 10.0 Å². The van der Waals surface area contributed by atoms with Gasteiger partial charge in [0.15, 0.2) is 0 Å². The van der Waals surface area contributed by atoms with Crippen LogP contribution in [0.25, 0.3) is 0 Å². The average molecular weight is 284 g/mol. The fourth-order valence-electron chi connectivity index (χ4n) is 1.64. The van der Waals surface area contributed by atoms with E-state index in [0.29, 0.717) is 19.6 Å². The van der Waals surface area contributed by atoms with Crippen molar-refractivity contribution in [1.29, 1.82) is 0 Å². The van der Waals surface area contributed by atoms with Crippen molar-refractivity contribution >= 4 is 23.2 Å². The molecule has 0 saturated carbocycles. The van der Waals surface area contributed by atoms with Crippen LogP contribution in [0.5, 0.6) is 0 Å². The number of carboxylic acid groups (broad SMARTS) is 1. The molecular formula is C13H20N2O3S. The molecule has 0 bridgehead atoms. The van der Waals surface area contributed by atoms with Gasteiger partial charge in [0.2, 0.25) is 5.91 Å². The number of carboxylic acids is 1. The summed E-state index contributed by atoms with van der Waals surface area (Å²) in [4.78, 5) is 27.2. The molecule has 1 amide bonds. The minimum atomic E-state index is -0.835. The molecule has 1 aromatic heterocycles. The SMILES string of the molecule is CCN(CCC(=O)O)CC(=O)N(C)Cc1cccs1. The lowest BCUT2D eigenvalue weighted by Gasteiger charge is -2.23. The molecule has 0 aliphatic carbocycles. The van der Waals surface area contributed by atoms with Gasteiger partial charge in [0.25, 0.3) is 0 Å². The van der Waals surface area contributed by atoms with Crippen LogP contribution in [0.15, 0.2) is 17.5 Å². The molecule has 0 aliphatic rings. The van der Waals surface area contributed by atoms with Crippen LogP contribution in [-0.2, 0) is 16.1 Å². The summed E-state index contributed by atoms with van der Waals surface area (Å²) in [6.45, 7) is 3.88. The Kier molecular flexibility index (Phi) is 6.52. The number of hydrogen-bond donors (Lipinski definition) is 1. The maximum absolute atomic E-state index is 12.0. The van der Waals surface area contributed by atoms with E-state index in [0.717, 1.165) is 4.88 Å². The molecule has 0 unspecified atom stereocenters. The van der Waals surface area contributed by atoms with Crippen LogP contribution < -0.4 is 0 Å². The first kappa shape index (κ1) is 15.7.